The van der Waals surface area contributed by atoms with Crippen LogP contribution in [0, 0.1) is 0 Å². The van der Waals surface area contributed by atoms with Crippen LogP contribution in [0.2, 0.25) is 0 Å². The molecule has 118 valence electrons. The van der Waals surface area contributed by atoms with Gasteiger partial charge in [-0.25, -0.2) is 13.1 Å². The standard InChI is InChI=1S/C15H17NO3S3/c1-12(17)13-4-6-15(7-5-13)22(18,19)16-8-10-20-11-14-3-2-9-21-14/h2-7,9,16H,8,10-11H2,1H3. The number of sulfonamides is 1. The second-order valence-corrected chi connectivity index (χ2v) is 8.51. The van der Waals surface area contributed by atoms with Crippen molar-refractivity contribution >= 4 is 38.9 Å². The fraction of sp³-hybridized carbons (Fsp3) is 0.267. The summed E-state index contributed by atoms with van der Waals surface area (Å²) in [6, 6.07) is 10.0. The van der Waals surface area contributed by atoms with Gasteiger partial charge in [0.15, 0.2) is 5.78 Å². The molecule has 0 unspecified atom stereocenters. The lowest BCUT2D eigenvalue weighted by atomic mass is 10.2. The van der Waals surface area contributed by atoms with Gasteiger partial charge in [0.25, 0.3) is 0 Å². The Labute approximate surface area is 139 Å². The number of rotatable bonds is 8. The van der Waals surface area contributed by atoms with Crippen molar-refractivity contribution in [2.75, 3.05) is 12.3 Å². The maximum absolute atomic E-state index is 12.1. The van der Waals surface area contributed by atoms with Gasteiger partial charge < -0.3 is 0 Å². The summed E-state index contributed by atoms with van der Waals surface area (Å²) >= 11 is 3.39. The number of carbonyl (C=O) groups excluding carboxylic acids is 1. The third-order valence-corrected chi connectivity index (χ3v) is 6.48. The zero-order valence-electron chi connectivity index (χ0n) is 12.1. The molecule has 0 aliphatic heterocycles. The first-order valence-electron chi connectivity index (χ1n) is 6.70. The van der Waals surface area contributed by atoms with E-state index in [0.717, 1.165) is 5.75 Å². The Morgan fingerprint density at radius 1 is 1.23 bits per heavy atom. The summed E-state index contributed by atoms with van der Waals surface area (Å²) in [6.45, 7) is 1.83. The van der Waals surface area contributed by atoms with Gasteiger partial charge in [0.1, 0.15) is 0 Å². The van der Waals surface area contributed by atoms with Gasteiger partial charge in [0.05, 0.1) is 4.90 Å². The predicted octanol–water partition coefficient (Wildman–Crippen LogP) is 3.16. The van der Waals surface area contributed by atoms with Gasteiger partial charge in [0.2, 0.25) is 10.0 Å². The second kappa shape index (κ2) is 7.92. The quantitative estimate of drug-likeness (QED) is 0.583. The molecule has 0 spiro atoms. The highest BCUT2D eigenvalue weighted by atomic mass is 32.2. The summed E-state index contributed by atoms with van der Waals surface area (Å²) in [7, 11) is -3.51. The summed E-state index contributed by atoms with van der Waals surface area (Å²) < 4.78 is 26.8. The van der Waals surface area contributed by atoms with Gasteiger partial charge >= 0.3 is 0 Å². The number of thiophene rings is 1. The van der Waals surface area contributed by atoms with Crippen LogP contribution in [0.5, 0.6) is 0 Å². The highest BCUT2D eigenvalue weighted by Crippen LogP contribution is 2.17. The molecule has 22 heavy (non-hydrogen) atoms. The van der Waals surface area contributed by atoms with E-state index in [1.54, 1.807) is 23.1 Å². The van der Waals surface area contributed by atoms with Crippen LogP contribution in [0.4, 0.5) is 0 Å². The van der Waals surface area contributed by atoms with Gasteiger partial charge in [0, 0.05) is 28.5 Å². The number of hydrogen-bond acceptors (Lipinski definition) is 5. The summed E-state index contributed by atoms with van der Waals surface area (Å²) in [4.78, 5) is 12.6. The van der Waals surface area contributed by atoms with Crippen LogP contribution in [0.3, 0.4) is 0 Å². The molecule has 4 nitrogen and oxygen atoms in total. The minimum absolute atomic E-state index is 0.0816. The van der Waals surface area contributed by atoms with Gasteiger partial charge in [-0.05, 0) is 30.5 Å². The van der Waals surface area contributed by atoms with E-state index in [4.69, 9.17) is 0 Å². The van der Waals surface area contributed by atoms with Crippen LogP contribution >= 0.6 is 23.1 Å². The number of hydrogen-bond donors (Lipinski definition) is 1. The van der Waals surface area contributed by atoms with Crippen LogP contribution < -0.4 is 4.72 Å². The molecule has 1 N–H and O–H groups in total. The molecule has 1 aromatic heterocycles. The number of carbonyl (C=O) groups is 1. The lowest BCUT2D eigenvalue weighted by Gasteiger charge is -2.07. The average molecular weight is 356 g/mol. The van der Waals surface area contributed by atoms with E-state index < -0.39 is 10.0 Å². The van der Waals surface area contributed by atoms with Crippen LogP contribution in [0.15, 0.2) is 46.7 Å². The molecule has 1 aromatic carbocycles. The molecule has 0 fully saturated rings. The zero-order valence-corrected chi connectivity index (χ0v) is 14.6. The van der Waals surface area contributed by atoms with Gasteiger partial charge in [-0.1, -0.05) is 18.2 Å². The molecular weight excluding hydrogens is 338 g/mol. The maximum atomic E-state index is 12.1. The zero-order chi connectivity index (χ0) is 16.0. The summed E-state index contributed by atoms with van der Waals surface area (Å²) in [5.41, 5.74) is 0.505. The number of benzene rings is 1. The lowest BCUT2D eigenvalue weighted by Crippen LogP contribution is -2.26. The van der Waals surface area contributed by atoms with Crippen LogP contribution in [0.25, 0.3) is 0 Å². The summed E-state index contributed by atoms with van der Waals surface area (Å²) in [5.74, 6) is 1.52. The Morgan fingerprint density at radius 3 is 2.55 bits per heavy atom. The monoisotopic (exact) mass is 355 g/mol. The van der Waals surface area contributed by atoms with E-state index in [2.05, 4.69) is 10.8 Å². The van der Waals surface area contributed by atoms with Crippen molar-refractivity contribution in [1.29, 1.82) is 0 Å². The predicted molar refractivity (Wildman–Crippen MR) is 92.1 cm³/mol. The number of thioether (sulfide) groups is 1. The fourth-order valence-electron chi connectivity index (χ4n) is 1.77. The summed E-state index contributed by atoms with van der Waals surface area (Å²) in [6.07, 6.45) is 0. The molecule has 1 heterocycles. The van der Waals surface area contributed by atoms with E-state index in [-0.39, 0.29) is 10.7 Å². The number of ketones is 1. The first kappa shape index (κ1) is 17.2. The highest BCUT2D eigenvalue weighted by Gasteiger charge is 2.13. The van der Waals surface area contributed by atoms with Crippen LogP contribution in [-0.4, -0.2) is 26.5 Å². The van der Waals surface area contributed by atoms with E-state index in [1.807, 2.05) is 11.4 Å². The molecule has 2 aromatic rings. The van der Waals surface area contributed by atoms with Crippen molar-refractivity contribution < 1.29 is 13.2 Å². The second-order valence-electron chi connectivity index (χ2n) is 4.61. The van der Waals surface area contributed by atoms with Gasteiger partial charge in [-0.2, -0.15) is 11.8 Å². The molecule has 0 aliphatic carbocycles. The van der Waals surface area contributed by atoms with Crippen molar-refractivity contribution in [3.05, 3.63) is 52.2 Å². The summed E-state index contributed by atoms with van der Waals surface area (Å²) in [5, 5.41) is 2.03. The van der Waals surface area contributed by atoms with E-state index in [9.17, 15) is 13.2 Å². The van der Waals surface area contributed by atoms with Crippen LogP contribution in [-0.2, 0) is 15.8 Å². The largest absolute Gasteiger partial charge is 0.295 e. The molecule has 0 atom stereocenters. The van der Waals surface area contributed by atoms with E-state index in [0.29, 0.717) is 17.9 Å². The molecule has 2 rings (SSSR count). The molecule has 0 saturated carbocycles. The first-order valence-corrected chi connectivity index (χ1v) is 10.2. The van der Waals surface area contributed by atoms with Crippen molar-refractivity contribution in [1.82, 2.24) is 4.72 Å². The van der Waals surface area contributed by atoms with Gasteiger partial charge in [-0.3, -0.25) is 4.79 Å². The van der Waals surface area contributed by atoms with Crippen LogP contribution in [0.1, 0.15) is 22.2 Å². The van der Waals surface area contributed by atoms with Crippen molar-refractivity contribution in [2.45, 2.75) is 17.6 Å². The Balaban J connectivity index is 1.81. The topological polar surface area (TPSA) is 63.2 Å². The Morgan fingerprint density at radius 2 is 1.95 bits per heavy atom. The third kappa shape index (κ3) is 4.95. The lowest BCUT2D eigenvalue weighted by molar-refractivity contribution is 0.101. The fourth-order valence-corrected chi connectivity index (χ4v) is 4.63. The maximum Gasteiger partial charge on any atom is 0.240 e. The van der Waals surface area contributed by atoms with E-state index in [1.165, 1.54) is 36.1 Å². The van der Waals surface area contributed by atoms with Crippen molar-refractivity contribution in [3.8, 4) is 0 Å². The number of Topliss-reactive ketones (excluding diaryl/α,β-unsaturated/α-hetero) is 1. The Bertz CT molecular complexity index is 707. The molecule has 0 saturated heterocycles. The Hall–Kier alpha value is -1.15. The highest BCUT2D eigenvalue weighted by molar-refractivity contribution is 7.98. The minimum atomic E-state index is -3.51. The van der Waals surface area contributed by atoms with Crippen molar-refractivity contribution in [3.63, 3.8) is 0 Å². The van der Waals surface area contributed by atoms with E-state index >= 15 is 0 Å². The normalized spacial score (nSPS) is 11.5. The molecule has 7 heteroatoms. The smallest absolute Gasteiger partial charge is 0.240 e. The van der Waals surface area contributed by atoms with Gasteiger partial charge in [-0.15, -0.1) is 11.3 Å². The Kier molecular flexibility index (Phi) is 6.19. The molecule has 0 radical (unpaired) electrons. The molecule has 0 aliphatic rings. The molecule has 0 bridgehead atoms. The number of nitrogens with one attached hydrogen (secondary N) is 1. The third-order valence-electron chi connectivity index (χ3n) is 2.93. The molecular formula is C15H17NO3S3. The van der Waals surface area contributed by atoms with Crippen molar-refractivity contribution in [2.24, 2.45) is 0 Å². The first-order chi connectivity index (χ1) is 10.5. The minimum Gasteiger partial charge on any atom is -0.295 e. The average Bonchev–Trinajstić information content (AvgIpc) is 3.00. The SMILES string of the molecule is CC(=O)c1ccc(S(=O)(=O)NCCSCc2cccs2)cc1. The molecule has 0 amide bonds.